The van der Waals surface area contributed by atoms with Crippen molar-refractivity contribution in [2.45, 2.75) is 36.5 Å². The van der Waals surface area contributed by atoms with Crippen LogP contribution >= 0.6 is 34.7 Å². The fourth-order valence-electron chi connectivity index (χ4n) is 4.01. The summed E-state index contributed by atoms with van der Waals surface area (Å²) in [6.07, 6.45) is 0.764. The molecule has 0 saturated carbocycles. The summed E-state index contributed by atoms with van der Waals surface area (Å²) in [7, 11) is 0. The number of pyridine rings is 1. The lowest BCUT2D eigenvalue weighted by atomic mass is 9.95. The summed E-state index contributed by atoms with van der Waals surface area (Å²) in [5.41, 5.74) is 10.4. The number of aryl methyl sites for hydroxylation is 1. The number of rotatable bonds is 12. The maximum Gasteiger partial charge on any atom is 0.306 e. The minimum absolute atomic E-state index is 0.0444. The van der Waals surface area contributed by atoms with E-state index < -0.39 is 11.9 Å². The number of carboxylic acid groups (broad SMARTS) is 1. The number of esters is 1. The second-order valence-corrected chi connectivity index (χ2v) is 11.3. The van der Waals surface area contributed by atoms with Crippen LogP contribution in [-0.4, -0.2) is 33.6 Å². The van der Waals surface area contributed by atoms with E-state index in [1.807, 2.05) is 53.9 Å². The molecule has 9 nitrogen and oxygen atoms in total. The predicted molar refractivity (Wildman–Crippen MR) is 162 cm³/mol. The van der Waals surface area contributed by atoms with E-state index >= 15 is 0 Å². The van der Waals surface area contributed by atoms with Crippen molar-refractivity contribution in [2.75, 3.05) is 12.3 Å². The van der Waals surface area contributed by atoms with Gasteiger partial charge in [0.25, 0.3) is 0 Å². The Morgan fingerprint density at radius 2 is 1.69 bits per heavy atom. The average molecular weight is 618 g/mol. The van der Waals surface area contributed by atoms with Gasteiger partial charge in [-0.3, -0.25) is 9.59 Å². The summed E-state index contributed by atoms with van der Waals surface area (Å²) < 4.78 is 5.07. The Morgan fingerprint density at radius 3 is 2.36 bits per heavy atom. The van der Waals surface area contributed by atoms with Gasteiger partial charge in [0.2, 0.25) is 0 Å². The normalized spacial score (nSPS) is 10.5. The van der Waals surface area contributed by atoms with Gasteiger partial charge in [-0.05, 0) is 36.1 Å². The molecule has 0 radical (unpaired) electrons. The Labute approximate surface area is 255 Å². The Kier molecular flexibility index (Phi) is 10.5. The first-order valence-corrected chi connectivity index (χ1v) is 15.0. The molecule has 212 valence electrons. The van der Waals surface area contributed by atoms with E-state index in [2.05, 4.69) is 17.1 Å². The molecule has 4 aromatic rings. The van der Waals surface area contributed by atoms with Gasteiger partial charge >= 0.3 is 11.9 Å². The molecule has 0 amide bonds. The van der Waals surface area contributed by atoms with E-state index in [1.165, 1.54) is 23.1 Å². The first-order valence-electron chi connectivity index (χ1n) is 12.7. The topological polar surface area (TPSA) is 163 Å². The van der Waals surface area contributed by atoms with Gasteiger partial charge in [0.1, 0.15) is 33.6 Å². The molecule has 0 saturated heterocycles. The van der Waals surface area contributed by atoms with Crippen molar-refractivity contribution in [1.82, 2.24) is 9.97 Å². The zero-order chi connectivity index (χ0) is 30.1. The number of ether oxygens (including phenoxy) is 1. The quantitative estimate of drug-likeness (QED) is 0.102. The molecule has 0 fully saturated rings. The number of aliphatic carboxylic acids is 1. The lowest BCUT2D eigenvalue weighted by Crippen LogP contribution is -2.08. The zero-order valence-electron chi connectivity index (χ0n) is 22.2. The molecule has 4 rings (SSSR count). The number of carbonyl (C=O) groups is 2. The SMILES string of the molecule is N#Cc1c(N)nc(SCc2csc(-c3ccc(Cl)cc3)n2)c(C#N)c1-c1ccc(CCCOC(=O)CCC(=O)O)cc1. The fourth-order valence-corrected chi connectivity index (χ4v) is 5.96. The second kappa shape index (κ2) is 14.5. The van der Waals surface area contributed by atoms with Gasteiger partial charge in [0.05, 0.1) is 30.7 Å². The van der Waals surface area contributed by atoms with Crippen LogP contribution in [-0.2, 0) is 26.5 Å². The number of anilines is 1. The molecule has 0 aliphatic heterocycles. The molecule has 42 heavy (non-hydrogen) atoms. The molecule has 0 aliphatic rings. The molecule has 0 unspecified atom stereocenters. The number of hydrogen-bond donors (Lipinski definition) is 2. The van der Waals surface area contributed by atoms with Gasteiger partial charge in [0.15, 0.2) is 0 Å². The molecule has 2 heterocycles. The average Bonchev–Trinajstić information content (AvgIpc) is 3.46. The van der Waals surface area contributed by atoms with Crippen molar-refractivity contribution < 1.29 is 19.4 Å². The van der Waals surface area contributed by atoms with Crippen LogP contribution in [0.25, 0.3) is 21.7 Å². The first-order chi connectivity index (χ1) is 20.3. The molecule has 2 aromatic heterocycles. The Hall–Kier alpha value is -4.42. The van der Waals surface area contributed by atoms with Gasteiger partial charge in [-0.25, -0.2) is 9.97 Å². The van der Waals surface area contributed by atoms with Crippen molar-refractivity contribution in [1.29, 1.82) is 10.5 Å². The van der Waals surface area contributed by atoms with Gasteiger partial charge < -0.3 is 15.6 Å². The molecule has 0 aliphatic carbocycles. The van der Waals surface area contributed by atoms with Crippen LogP contribution in [0.5, 0.6) is 0 Å². The van der Waals surface area contributed by atoms with Crippen LogP contribution in [0.2, 0.25) is 5.02 Å². The van der Waals surface area contributed by atoms with Crippen molar-refractivity contribution in [3.8, 4) is 33.8 Å². The molecular weight excluding hydrogens is 594 g/mol. The number of thiazole rings is 1. The van der Waals surface area contributed by atoms with Crippen molar-refractivity contribution in [3.05, 3.63) is 81.3 Å². The third-order valence-corrected chi connectivity index (χ3v) is 8.27. The highest BCUT2D eigenvalue weighted by Gasteiger charge is 2.21. The summed E-state index contributed by atoms with van der Waals surface area (Å²) in [5, 5.41) is 32.5. The largest absolute Gasteiger partial charge is 0.481 e. The van der Waals surface area contributed by atoms with Crippen LogP contribution < -0.4 is 5.73 Å². The number of nitriles is 2. The van der Waals surface area contributed by atoms with E-state index in [-0.39, 0.29) is 36.4 Å². The summed E-state index contributed by atoms with van der Waals surface area (Å²) in [5.74, 6) is -1.09. The number of benzene rings is 2. The Morgan fingerprint density at radius 1 is 1.00 bits per heavy atom. The monoisotopic (exact) mass is 617 g/mol. The number of nitrogens with zero attached hydrogens (tertiary/aromatic N) is 4. The number of carbonyl (C=O) groups excluding carboxylic acids is 1. The number of nitrogen functional groups attached to an aromatic ring is 1. The molecule has 2 aromatic carbocycles. The van der Waals surface area contributed by atoms with E-state index in [0.29, 0.717) is 39.8 Å². The highest BCUT2D eigenvalue weighted by atomic mass is 35.5. The van der Waals surface area contributed by atoms with Crippen LogP contribution in [0.4, 0.5) is 5.82 Å². The minimum atomic E-state index is -1.05. The zero-order valence-corrected chi connectivity index (χ0v) is 24.6. The number of carboxylic acids is 1. The number of nitrogens with two attached hydrogens (primary N) is 1. The lowest BCUT2D eigenvalue weighted by Gasteiger charge is -2.13. The van der Waals surface area contributed by atoms with Crippen LogP contribution in [0.3, 0.4) is 0 Å². The van der Waals surface area contributed by atoms with Crippen molar-refractivity contribution >= 4 is 52.5 Å². The predicted octanol–water partition coefficient (Wildman–Crippen LogP) is 6.48. The first kappa shape index (κ1) is 30.5. The van der Waals surface area contributed by atoms with E-state index in [4.69, 9.17) is 32.2 Å². The van der Waals surface area contributed by atoms with Crippen LogP contribution in [0.1, 0.15) is 41.6 Å². The maximum absolute atomic E-state index is 11.6. The maximum atomic E-state index is 11.6. The fraction of sp³-hybridized carbons (Fsp3) is 0.200. The highest BCUT2D eigenvalue weighted by Crippen LogP contribution is 2.37. The number of halogens is 1. The van der Waals surface area contributed by atoms with Crippen LogP contribution in [0.15, 0.2) is 58.9 Å². The second-order valence-electron chi connectivity index (χ2n) is 9.01. The number of hydrogen-bond acceptors (Lipinski definition) is 10. The number of aromatic nitrogens is 2. The molecule has 0 atom stereocenters. The van der Waals surface area contributed by atoms with E-state index in [0.717, 1.165) is 21.8 Å². The molecular formula is C30H24ClN5O4S2. The van der Waals surface area contributed by atoms with Gasteiger partial charge in [0, 0.05) is 27.3 Å². The smallest absolute Gasteiger partial charge is 0.306 e. The Bertz CT molecular complexity index is 1680. The van der Waals surface area contributed by atoms with E-state index in [9.17, 15) is 20.1 Å². The third kappa shape index (κ3) is 7.86. The number of thioether (sulfide) groups is 1. The van der Waals surface area contributed by atoms with Gasteiger partial charge in [-0.1, -0.05) is 59.8 Å². The van der Waals surface area contributed by atoms with Gasteiger partial charge in [-0.15, -0.1) is 11.3 Å². The molecule has 0 spiro atoms. The summed E-state index contributed by atoms with van der Waals surface area (Å²) in [6.45, 7) is 0.180. The van der Waals surface area contributed by atoms with E-state index in [1.54, 1.807) is 0 Å². The van der Waals surface area contributed by atoms with Gasteiger partial charge in [-0.2, -0.15) is 10.5 Å². The lowest BCUT2D eigenvalue weighted by molar-refractivity contribution is -0.147. The molecule has 0 bridgehead atoms. The Balaban J connectivity index is 1.47. The third-order valence-electron chi connectivity index (χ3n) is 6.07. The molecule has 12 heteroatoms. The minimum Gasteiger partial charge on any atom is -0.481 e. The van der Waals surface area contributed by atoms with Crippen molar-refractivity contribution in [2.24, 2.45) is 0 Å². The van der Waals surface area contributed by atoms with Crippen LogP contribution in [0, 0.1) is 22.7 Å². The highest BCUT2D eigenvalue weighted by molar-refractivity contribution is 7.98. The van der Waals surface area contributed by atoms with Crippen molar-refractivity contribution in [3.63, 3.8) is 0 Å². The standard InChI is InChI=1S/C30H24ClN5O4S2/c31-21-9-7-20(8-10-21)29-35-22(16-41-29)17-42-30-24(15-33)27(23(14-32)28(34)36-30)19-5-3-18(4-6-19)2-1-13-40-26(39)12-11-25(37)38/h3-10,16H,1-2,11-13,17H2,(H2,34,36)(H,37,38). The summed E-state index contributed by atoms with van der Waals surface area (Å²) in [6, 6.07) is 19.1. The summed E-state index contributed by atoms with van der Waals surface area (Å²) in [4.78, 5) is 31.2. The molecule has 3 N–H and O–H groups in total. The summed E-state index contributed by atoms with van der Waals surface area (Å²) >= 11 is 8.82.